The molecule has 8 nitrogen and oxygen atoms in total. The van der Waals surface area contributed by atoms with E-state index < -0.39 is 0 Å². The summed E-state index contributed by atoms with van der Waals surface area (Å²) >= 11 is 9.67. The zero-order valence-corrected chi connectivity index (χ0v) is 24.1. The lowest BCUT2D eigenvalue weighted by Gasteiger charge is -2.28. The molecular weight excluding hydrogens is 635 g/mol. The molecule has 38 heavy (non-hydrogen) atoms. The summed E-state index contributed by atoms with van der Waals surface area (Å²) in [5.74, 6) is 0.144. The molecule has 0 atom stereocenters. The Morgan fingerprint density at radius 3 is 2.66 bits per heavy atom. The first kappa shape index (κ1) is 25.5. The minimum Gasteiger partial charge on any atom is -0.321 e. The summed E-state index contributed by atoms with van der Waals surface area (Å²) < 4.78 is 0.659. The summed E-state index contributed by atoms with van der Waals surface area (Å²) in [6, 6.07) is 13.0. The second-order valence-corrected chi connectivity index (χ2v) is 11.5. The molecule has 194 valence electrons. The minimum atomic E-state index is -0.388. The van der Waals surface area contributed by atoms with Crippen LogP contribution in [0.2, 0.25) is 5.02 Å². The maximum absolute atomic E-state index is 13.4. The van der Waals surface area contributed by atoms with Crippen LogP contribution in [-0.2, 0) is 11.0 Å². The second-order valence-electron chi connectivity index (χ2n) is 9.34. The summed E-state index contributed by atoms with van der Waals surface area (Å²) in [5, 5.41) is 7.15. The van der Waals surface area contributed by atoms with Crippen molar-refractivity contribution in [2.75, 3.05) is 28.6 Å². The Morgan fingerprint density at radius 1 is 1.11 bits per heavy atom. The van der Waals surface area contributed by atoms with Gasteiger partial charge in [0, 0.05) is 21.7 Å². The van der Waals surface area contributed by atoms with E-state index in [2.05, 4.69) is 60.2 Å². The van der Waals surface area contributed by atoms with Crippen molar-refractivity contribution in [3.63, 3.8) is 0 Å². The minimum absolute atomic E-state index is 0.300. The van der Waals surface area contributed by atoms with Gasteiger partial charge in [-0.15, -0.1) is 11.3 Å². The lowest BCUT2D eigenvalue weighted by molar-refractivity contribution is 0.103. The fourth-order valence-electron chi connectivity index (χ4n) is 4.99. The van der Waals surface area contributed by atoms with Crippen LogP contribution in [0.15, 0.2) is 48.8 Å². The number of urea groups is 1. The average molecular weight is 659 g/mol. The van der Waals surface area contributed by atoms with Crippen LogP contribution in [0.5, 0.6) is 0 Å². The third-order valence-corrected chi connectivity index (χ3v) is 8.97. The molecule has 2 aliphatic rings. The fourth-order valence-corrected chi connectivity index (χ4v) is 6.78. The summed E-state index contributed by atoms with van der Waals surface area (Å²) in [7, 11) is 0. The third-order valence-electron chi connectivity index (χ3n) is 6.81. The van der Waals surface area contributed by atoms with Crippen molar-refractivity contribution in [3.05, 3.63) is 69.8 Å². The number of alkyl halides is 1. The maximum Gasteiger partial charge on any atom is 0.332 e. The Morgan fingerprint density at radius 2 is 1.89 bits per heavy atom. The van der Waals surface area contributed by atoms with Gasteiger partial charge in [-0.05, 0) is 67.4 Å². The number of nitrogens with zero attached hydrogens (tertiary/aromatic N) is 4. The van der Waals surface area contributed by atoms with Crippen LogP contribution >= 0.6 is 45.5 Å². The number of thiophene rings is 1. The van der Waals surface area contributed by atoms with Gasteiger partial charge in [0.05, 0.1) is 16.8 Å². The first-order valence-electron chi connectivity index (χ1n) is 12.4. The van der Waals surface area contributed by atoms with Gasteiger partial charge in [0.1, 0.15) is 16.0 Å². The number of aromatic nitrogens is 2. The van der Waals surface area contributed by atoms with Crippen molar-refractivity contribution in [2.45, 2.75) is 30.2 Å². The Bertz CT molecular complexity index is 1540. The molecule has 0 bridgehead atoms. The molecule has 3 amide bonds. The smallest absolute Gasteiger partial charge is 0.321 e. The number of nitrogens with one attached hydrogen (secondary N) is 2. The number of hydrogen-bond acceptors (Lipinski definition) is 6. The van der Waals surface area contributed by atoms with Crippen LogP contribution in [-0.4, -0.2) is 39.9 Å². The Hall–Kier alpha value is -2.80. The van der Waals surface area contributed by atoms with Crippen molar-refractivity contribution in [1.82, 2.24) is 14.9 Å². The van der Waals surface area contributed by atoms with Gasteiger partial charge in [-0.3, -0.25) is 9.69 Å². The third kappa shape index (κ3) is 4.86. The number of carbonyl (C=O) groups is 2. The van der Waals surface area contributed by atoms with Crippen LogP contribution in [0.25, 0.3) is 10.2 Å². The molecule has 0 aliphatic carbocycles. The van der Waals surface area contributed by atoms with Crippen LogP contribution in [0.3, 0.4) is 0 Å². The molecule has 1 fully saturated rings. The van der Waals surface area contributed by atoms with E-state index in [0.717, 1.165) is 25.2 Å². The highest BCUT2D eigenvalue weighted by molar-refractivity contribution is 14.1. The molecule has 2 aromatic heterocycles. The van der Waals surface area contributed by atoms with E-state index in [1.54, 1.807) is 6.07 Å². The number of anilines is 4. The van der Waals surface area contributed by atoms with E-state index in [9.17, 15) is 9.59 Å². The second kappa shape index (κ2) is 10.8. The van der Waals surface area contributed by atoms with Crippen LogP contribution in [0.1, 0.15) is 40.1 Å². The highest BCUT2D eigenvalue weighted by Gasteiger charge is 2.34. The van der Waals surface area contributed by atoms with Gasteiger partial charge >= 0.3 is 6.03 Å². The Balaban J connectivity index is 1.28. The molecule has 0 radical (unpaired) electrons. The molecule has 6 rings (SSSR count). The van der Waals surface area contributed by atoms with E-state index in [1.807, 2.05) is 24.3 Å². The number of likely N-dealkylation sites (tertiary alicyclic amines) is 1. The SMILES string of the molecule is O=C(Nc1ccc(CN2CCCCC2)cc1)c1sc2ncnc3c2c1NC(=O)N3c1ccc(Cl)cc1CI. The van der Waals surface area contributed by atoms with Crippen molar-refractivity contribution in [3.8, 4) is 0 Å². The number of benzene rings is 2. The van der Waals surface area contributed by atoms with Gasteiger partial charge in [0.15, 0.2) is 5.82 Å². The molecular formula is C27H24ClIN6O2S. The molecule has 4 heterocycles. The quantitative estimate of drug-likeness (QED) is 0.169. The summed E-state index contributed by atoms with van der Waals surface area (Å²) in [5.41, 5.74) is 3.95. The normalized spacial score (nSPS) is 15.5. The van der Waals surface area contributed by atoms with Crippen LogP contribution in [0.4, 0.5) is 27.7 Å². The van der Waals surface area contributed by atoms with E-state index in [-0.39, 0.29) is 11.9 Å². The monoisotopic (exact) mass is 658 g/mol. The number of hydrogen-bond donors (Lipinski definition) is 2. The Kier molecular flexibility index (Phi) is 7.21. The van der Waals surface area contributed by atoms with Gasteiger partial charge in [-0.25, -0.2) is 19.7 Å². The summed E-state index contributed by atoms with van der Waals surface area (Å²) in [6.45, 7) is 3.20. The fraction of sp³-hybridized carbons (Fsp3) is 0.259. The number of rotatable bonds is 6. The maximum atomic E-state index is 13.4. The number of halogens is 2. The van der Waals surface area contributed by atoms with Crippen LogP contribution < -0.4 is 15.5 Å². The predicted molar refractivity (Wildman–Crippen MR) is 161 cm³/mol. The largest absolute Gasteiger partial charge is 0.332 e. The molecule has 1 saturated heterocycles. The molecule has 0 saturated carbocycles. The van der Waals surface area contributed by atoms with Gasteiger partial charge in [0.25, 0.3) is 5.91 Å². The molecule has 0 spiro atoms. The molecule has 2 N–H and O–H groups in total. The lowest BCUT2D eigenvalue weighted by atomic mass is 10.1. The van der Waals surface area contributed by atoms with Crippen molar-refractivity contribution in [2.24, 2.45) is 0 Å². The first-order chi connectivity index (χ1) is 18.5. The standard InChI is InChI=1S/C27H24ClIN6O2S/c28-18-6-9-20(17(12-18)13-29)35-24-21-22(33-27(35)37)23(38-26(21)31-15-30-24)25(36)32-19-7-4-16(5-8-19)14-34-10-2-1-3-11-34/h4-9,12,15H,1-3,10-11,13-14H2,(H,32,36)(H,33,37). The first-order valence-corrected chi connectivity index (χ1v) is 15.1. The molecule has 4 aromatic rings. The average Bonchev–Trinajstić information content (AvgIpc) is 3.30. The number of piperidine rings is 1. The zero-order valence-electron chi connectivity index (χ0n) is 20.3. The van der Waals surface area contributed by atoms with Crippen molar-refractivity contribution < 1.29 is 9.59 Å². The van der Waals surface area contributed by atoms with Crippen LogP contribution in [0, 0.1) is 0 Å². The highest BCUT2D eigenvalue weighted by Crippen LogP contribution is 2.45. The summed E-state index contributed by atoms with van der Waals surface area (Å²) in [4.78, 5) is 40.6. The number of carbonyl (C=O) groups excluding carboxylic acids is 2. The van der Waals surface area contributed by atoms with E-state index in [0.29, 0.717) is 47.4 Å². The van der Waals surface area contributed by atoms with E-state index in [1.165, 1.54) is 47.4 Å². The molecule has 11 heteroatoms. The molecule has 2 aliphatic heterocycles. The predicted octanol–water partition coefficient (Wildman–Crippen LogP) is 7.20. The highest BCUT2D eigenvalue weighted by atomic mass is 127. The number of amides is 3. The van der Waals surface area contributed by atoms with Gasteiger partial charge < -0.3 is 10.6 Å². The topological polar surface area (TPSA) is 90.5 Å². The Labute approximate surface area is 242 Å². The van der Waals surface area contributed by atoms with Crippen molar-refractivity contribution in [1.29, 1.82) is 0 Å². The molecule has 2 aromatic carbocycles. The van der Waals surface area contributed by atoms with Crippen molar-refractivity contribution >= 4 is 90.6 Å². The van der Waals surface area contributed by atoms with Gasteiger partial charge in [-0.1, -0.05) is 52.7 Å². The summed E-state index contributed by atoms with van der Waals surface area (Å²) in [6.07, 6.45) is 5.25. The van der Waals surface area contributed by atoms with Gasteiger partial charge in [-0.2, -0.15) is 0 Å². The van der Waals surface area contributed by atoms with E-state index in [4.69, 9.17) is 11.6 Å². The van der Waals surface area contributed by atoms with E-state index >= 15 is 0 Å². The molecule has 0 unspecified atom stereocenters. The van der Waals surface area contributed by atoms with Gasteiger partial charge in [0.2, 0.25) is 0 Å². The lowest BCUT2D eigenvalue weighted by Crippen LogP contribution is -2.35. The zero-order chi connectivity index (χ0) is 26.2.